The molecule has 1 aliphatic heterocycles. The van der Waals surface area contributed by atoms with Crippen LogP contribution in [0, 0.1) is 6.92 Å². The molecule has 1 saturated heterocycles. The maximum Gasteiger partial charge on any atom is 0.494 e. The number of carbonyl (C=O) groups is 1. The third-order valence-electron chi connectivity index (χ3n) is 2.37. The van der Waals surface area contributed by atoms with Crippen molar-refractivity contribution in [1.82, 2.24) is 0 Å². The van der Waals surface area contributed by atoms with Crippen LogP contribution < -0.4 is 5.46 Å². The fourth-order valence-electron chi connectivity index (χ4n) is 1.62. The lowest BCUT2D eigenvalue weighted by atomic mass is 9.78. The Morgan fingerprint density at radius 2 is 2.07 bits per heavy atom. The summed E-state index contributed by atoms with van der Waals surface area (Å²) in [5, 5.41) is 8.86. The number of aromatic carboxylic acids is 1. The van der Waals surface area contributed by atoms with E-state index in [0.29, 0.717) is 18.8 Å². The van der Waals surface area contributed by atoms with Crippen molar-refractivity contribution in [3.05, 3.63) is 29.3 Å². The topological polar surface area (TPSA) is 55.8 Å². The summed E-state index contributed by atoms with van der Waals surface area (Å²) in [5.41, 5.74) is 1.91. The van der Waals surface area contributed by atoms with E-state index in [-0.39, 0.29) is 7.12 Å². The largest absolute Gasteiger partial charge is 0.494 e. The van der Waals surface area contributed by atoms with E-state index in [2.05, 4.69) is 0 Å². The molecule has 1 heterocycles. The molecule has 4 nitrogen and oxygen atoms in total. The highest BCUT2D eigenvalue weighted by Crippen LogP contribution is 2.08. The number of aryl methyl sites for hydroxylation is 1. The van der Waals surface area contributed by atoms with Crippen LogP contribution in [0.25, 0.3) is 0 Å². The lowest BCUT2D eigenvalue weighted by Crippen LogP contribution is -2.32. The standard InChI is InChI=1S/C10H11BO4/c1-7-6-8(11-14-4-5-15-11)2-3-9(7)10(12)13/h2-3,6H,4-5H2,1H3,(H,12,13). The average molecular weight is 206 g/mol. The minimum absolute atomic E-state index is 0.316. The van der Waals surface area contributed by atoms with Gasteiger partial charge in [0, 0.05) is 0 Å². The highest BCUT2D eigenvalue weighted by molar-refractivity contribution is 6.61. The third-order valence-corrected chi connectivity index (χ3v) is 2.37. The van der Waals surface area contributed by atoms with Crippen LogP contribution in [0.1, 0.15) is 15.9 Å². The Morgan fingerprint density at radius 3 is 2.60 bits per heavy atom. The molecule has 0 atom stereocenters. The van der Waals surface area contributed by atoms with E-state index >= 15 is 0 Å². The summed E-state index contributed by atoms with van der Waals surface area (Å²) in [6.07, 6.45) is 0. The van der Waals surface area contributed by atoms with Gasteiger partial charge in [-0.3, -0.25) is 0 Å². The first kappa shape index (κ1) is 10.2. The van der Waals surface area contributed by atoms with E-state index in [1.807, 2.05) is 0 Å². The van der Waals surface area contributed by atoms with E-state index in [0.717, 1.165) is 11.0 Å². The van der Waals surface area contributed by atoms with Crippen LogP contribution in [0.2, 0.25) is 0 Å². The summed E-state index contributed by atoms with van der Waals surface area (Å²) in [6.45, 7) is 2.94. The zero-order chi connectivity index (χ0) is 10.8. The van der Waals surface area contributed by atoms with Crippen LogP contribution in [0.4, 0.5) is 0 Å². The van der Waals surface area contributed by atoms with Crippen molar-refractivity contribution in [2.75, 3.05) is 13.2 Å². The molecule has 0 spiro atoms. The maximum absolute atomic E-state index is 10.8. The van der Waals surface area contributed by atoms with Crippen LogP contribution in [0.5, 0.6) is 0 Å². The van der Waals surface area contributed by atoms with Crippen LogP contribution in [-0.2, 0) is 9.31 Å². The van der Waals surface area contributed by atoms with Crippen molar-refractivity contribution in [1.29, 1.82) is 0 Å². The predicted octanol–water partition coefficient (Wildman–Crippen LogP) is 0.435. The Labute approximate surface area is 88.0 Å². The molecule has 5 heteroatoms. The minimum Gasteiger partial charge on any atom is -0.478 e. The van der Waals surface area contributed by atoms with Crippen molar-refractivity contribution < 1.29 is 19.2 Å². The molecular weight excluding hydrogens is 195 g/mol. The number of rotatable bonds is 2. The lowest BCUT2D eigenvalue weighted by molar-refractivity contribution is 0.0696. The summed E-state index contributed by atoms with van der Waals surface area (Å²) >= 11 is 0. The SMILES string of the molecule is Cc1cc(B2OCCO2)ccc1C(=O)O. The summed E-state index contributed by atoms with van der Waals surface area (Å²) < 4.78 is 10.6. The van der Waals surface area contributed by atoms with E-state index < -0.39 is 5.97 Å². The number of hydrogen-bond donors (Lipinski definition) is 1. The second-order valence-electron chi connectivity index (χ2n) is 3.45. The zero-order valence-corrected chi connectivity index (χ0v) is 8.40. The van der Waals surface area contributed by atoms with Gasteiger partial charge in [0.05, 0.1) is 18.8 Å². The summed E-state index contributed by atoms with van der Waals surface area (Å²) in [7, 11) is -0.341. The van der Waals surface area contributed by atoms with E-state index in [1.54, 1.807) is 25.1 Å². The van der Waals surface area contributed by atoms with Gasteiger partial charge in [0.25, 0.3) is 0 Å². The molecule has 0 bridgehead atoms. The van der Waals surface area contributed by atoms with Crippen LogP contribution in [0.3, 0.4) is 0 Å². The highest BCUT2D eigenvalue weighted by atomic mass is 16.6. The highest BCUT2D eigenvalue weighted by Gasteiger charge is 2.26. The predicted molar refractivity (Wildman–Crippen MR) is 55.4 cm³/mol. The van der Waals surface area contributed by atoms with Crippen LogP contribution in [-0.4, -0.2) is 31.4 Å². The fraction of sp³-hybridized carbons (Fsp3) is 0.300. The lowest BCUT2D eigenvalue weighted by Gasteiger charge is -2.07. The number of carboxylic acid groups (broad SMARTS) is 1. The molecule has 0 saturated carbocycles. The van der Waals surface area contributed by atoms with Crippen molar-refractivity contribution in [3.63, 3.8) is 0 Å². The Bertz CT molecular complexity index is 385. The zero-order valence-electron chi connectivity index (χ0n) is 8.40. The molecule has 1 N–H and O–H groups in total. The van der Waals surface area contributed by atoms with E-state index in [4.69, 9.17) is 14.4 Å². The molecule has 0 aliphatic carbocycles. The molecular formula is C10H11BO4. The smallest absolute Gasteiger partial charge is 0.478 e. The maximum atomic E-state index is 10.8. The molecule has 1 aromatic rings. The second kappa shape index (κ2) is 4.04. The summed E-state index contributed by atoms with van der Waals surface area (Å²) in [5.74, 6) is -0.910. The van der Waals surface area contributed by atoms with Gasteiger partial charge in [0.2, 0.25) is 0 Å². The number of benzene rings is 1. The first-order valence-corrected chi connectivity index (χ1v) is 4.75. The van der Waals surface area contributed by atoms with Gasteiger partial charge < -0.3 is 14.4 Å². The number of carboxylic acids is 1. The van der Waals surface area contributed by atoms with Gasteiger partial charge in [0.15, 0.2) is 0 Å². The van der Waals surface area contributed by atoms with Gasteiger partial charge >= 0.3 is 13.1 Å². The van der Waals surface area contributed by atoms with Crippen molar-refractivity contribution in [2.24, 2.45) is 0 Å². The average Bonchev–Trinajstić information content (AvgIpc) is 2.69. The molecule has 0 amide bonds. The first-order chi connectivity index (χ1) is 7.18. The van der Waals surface area contributed by atoms with Crippen molar-refractivity contribution in [2.45, 2.75) is 6.92 Å². The van der Waals surface area contributed by atoms with Gasteiger partial charge in [-0.25, -0.2) is 4.79 Å². The summed E-state index contributed by atoms with van der Waals surface area (Å²) in [4.78, 5) is 10.8. The molecule has 1 aliphatic rings. The molecule has 78 valence electrons. The number of hydrogen-bond acceptors (Lipinski definition) is 3. The molecule has 1 fully saturated rings. The van der Waals surface area contributed by atoms with Crippen LogP contribution >= 0.6 is 0 Å². The Kier molecular flexibility index (Phi) is 2.75. The molecule has 15 heavy (non-hydrogen) atoms. The summed E-state index contributed by atoms with van der Waals surface area (Å²) in [6, 6.07) is 5.10. The monoisotopic (exact) mass is 206 g/mol. The molecule has 1 aromatic carbocycles. The molecule has 0 unspecified atom stereocenters. The van der Waals surface area contributed by atoms with Crippen LogP contribution in [0.15, 0.2) is 18.2 Å². The molecule has 0 radical (unpaired) electrons. The third kappa shape index (κ3) is 2.03. The van der Waals surface area contributed by atoms with Gasteiger partial charge in [-0.1, -0.05) is 12.1 Å². The van der Waals surface area contributed by atoms with Crippen molar-refractivity contribution in [3.8, 4) is 0 Å². The molecule has 2 rings (SSSR count). The van der Waals surface area contributed by atoms with Gasteiger partial charge in [0.1, 0.15) is 0 Å². The van der Waals surface area contributed by atoms with E-state index in [1.165, 1.54) is 0 Å². The quantitative estimate of drug-likeness (QED) is 0.713. The Morgan fingerprint density at radius 1 is 1.40 bits per heavy atom. The minimum atomic E-state index is -0.910. The van der Waals surface area contributed by atoms with Gasteiger partial charge in [-0.2, -0.15) is 0 Å². The first-order valence-electron chi connectivity index (χ1n) is 4.75. The Hall–Kier alpha value is -1.33. The fourth-order valence-corrected chi connectivity index (χ4v) is 1.62. The van der Waals surface area contributed by atoms with Crippen molar-refractivity contribution >= 4 is 18.6 Å². The Balaban J connectivity index is 2.28. The van der Waals surface area contributed by atoms with Gasteiger partial charge in [-0.05, 0) is 24.0 Å². The van der Waals surface area contributed by atoms with Gasteiger partial charge in [-0.15, -0.1) is 0 Å². The van der Waals surface area contributed by atoms with E-state index in [9.17, 15) is 4.79 Å². The molecule has 0 aromatic heterocycles. The normalized spacial score (nSPS) is 15.7. The second-order valence-corrected chi connectivity index (χ2v) is 3.45.